The molecule has 1 amide bonds. The Morgan fingerprint density at radius 3 is 2.59 bits per heavy atom. The number of ether oxygens (including phenoxy) is 1. The lowest BCUT2D eigenvalue weighted by atomic mass is 10.1. The predicted molar refractivity (Wildman–Crippen MR) is 123 cm³/mol. The molecule has 2 aromatic heterocycles. The van der Waals surface area contributed by atoms with Crippen LogP contribution in [0.15, 0.2) is 18.2 Å². The molecule has 152 valence electrons. The van der Waals surface area contributed by atoms with Gasteiger partial charge in [-0.2, -0.15) is 0 Å². The van der Waals surface area contributed by atoms with Crippen molar-refractivity contribution in [3.8, 4) is 0 Å². The summed E-state index contributed by atoms with van der Waals surface area (Å²) in [6.07, 6.45) is 0. The van der Waals surface area contributed by atoms with Gasteiger partial charge in [0.25, 0.3) is 5.91 Å². The number of para-hydroxylation sites is 1. The Bertz CT molecular complexity index is 1120. The van der Waals surface area contributed by atoms with Gasteiger partial charge < -0.3 is 20.3 Å². The van der Waals surface area contributed by atoms with Gasteiger partial charge in [0, 0.05) is 14.1 Å². The van der Waals surface area contributed by atoms with Crippen LogP contribution in [-0.2, 0) is 4.74 Å². The van der Waals surface area contributed by atoms with Crippen molar-refractivity contribution in [3.05, 3.63) is 39.2 Å². The molecule has 0 fully saturated rings. The second-order valence-corrected chi connectivity index (χ2v) is 9.00. The molecule has 7 nitrogen and oxygen atoms in total. The van der Waals surface area contributed by atoms with E-state index in [4.69, 9.17) is 28.6 Å². The first-order chi connectivity index (χ1) is 13.7. The van der Waals surface area contributed by atoms with Crippen LogP contribution in [0.1, 0.15) is 25.6 Å². The van der Waals surface area contributed by atoms with Crippen LogP contribution in [-0.4, -0.2) is 48.1 Å². The van der Waals surface area contributed by atoms with Gasteiger partial charge >= 0.3 is 5.97 Å². The maximum atomic E-state index is 12.4. The molecular formula is C18H17ClN4O3S3. The van der Waals surface area contributed by atoms with Crippen molar-refractivity contribution in [2.24, 2.45) is 0 Å². The third kappa shape index (κ3) is 4.35. The van der Waals surface area contributed by atoms with Gasteiger partial charge in [-0.1, -0.05) is 29.0 Å². The fourth-order valence-electron chi connectivity index (χ4n) is 2.56. The molecule has 0 atom stereocenters. The molecule has 0 saturated heterocycles. The Morgan fingerprint density at radius 2 is 1.97 bits per heavy atom. The molecule has 0 aliphatic heterocycles. The number of thiophene rings is 1. The van der Waals surface area contributed by atoms with Crippen LogP contribution >= 0.6 is 46.5 Å². The first-order valence-electron chi connectivity index (χ1n) is 8.29. The van der Waals surface area contributed by atoms with Gasteiger partial charge in [0.2, 0.25) is 0 Å². The number of aromatic nitrogens is 1. The highest BCUT2D eigenvalue weighted by molar-refractivity contribution is 7.80. The molecular weight excluding hydrogens is 452 g/mol. The molecule has 11 heteroatoms. The van der Waals surface area contributed by atoms with E-state index >= 15 is 0 Å². The number of hydrogen-bond donors (Lipinski definition) is 2. The number of thiocarbonyl (C=S) groups is 1. The number of anilines is 2. The molecule has 0 aliphatic rings. The van der Waals surface area contributed by atoms with Gasteiger partial charge in [-0.3, -0.25) is 4.79 Å². The lowest BCUT2D eigenvalue weighted by molar-refractivity contribution is 0.0601. The third-order valence-corrected chi connectivity index (χ3v) is 6.59. The van der Waals surface area contributed by atoms with E-state index in [2.05, 4.69) is 15.6 Å². The van der Waals surface area contributed by atoms with E-state index in [1.165, 1.54) is 23.3 Å². The zero-order valence-electron chi connectivity index (χ0n) is 16.0. The molecule has 0 spiro atoms. The summed E-state index contributed by atoms with van der Waals surface area (Å²) >= 11 is 14.1. The van der Waals surface area contributed by atoms with E-state index in [0.29, 0.717) is 31.1 Å². The Balaban J connectivity index is 1.88. The molecule has 1 aromatic carbocycles. The smallest absolute Gasteiger partial charge is 0.341 e. The minimum atomic E-state index is -0.548. The predicted octanol–water partition coefficient (Wildman–Crippen LogP) is 4.62. The zero-order valence-corrected chi connectivity index (χ0v) is 19.2. The molecule has 0 radical (unpaired) electrons. The number of nitrogens with zero attached hydrogens (tertiary/aromatic N) is 2. The minimum Gasteiger partial charge on any atom is -0.465 e. The summed E-state index contributed by atoms with van der Waals surface area (Å²) in [6, 6.07) is 5.53. The monoisotopic (exact) mass is 468 g/mol. The number of carbonyl (C=O) groups is 2. The van der Waals surface area contributed by atoms with Crippen molar-refractivity contribution in [2.45, 2.75) is 6.92 Å². The molecule has 0 unspecified atom stereocenters. The van der Waals surface area contributed by atoms with Crippen molar-refractivity contribution >= 4 is 83.8 Å². The number of amides is 1. The lowest BCUT2D eigenvalue weighted by Crippen LogP contribution is -2.21. The zero-order chi connectivity index (χ0) is 21.3. The van der Waals surface area contributed by atoms with E-state index in [1.54, 1.807) is 27.1 Å². The molecule has 0 bridgehead atoms. The summed E-state index contributed by atoms with van der Waals surface area (Å²) in [4.78, 5) is 31.1. The highest BCUT2D eigenvalue weighted by Gasteiger charge is 2.26. The van der Waals surface area contributed by atoms with Crippen LogP contribution in [0, 0.1) is 6.92 Å². The number of hydrogen-bond acceptors (Lipinski definition) is 7. The average Bonchev–Trinajstić information content (AvgIpc) is 3.21. The van der Waals surface area contributed by atoms with Crippen molar-refractivity contribution in [1.29, 1.82) is 0 Å². The maximum Gasteiger partial charge on any atom is 0.341 e. The first kappa shape index (κ1) is 21.4. The Labute approximate surface area is 185 Å². The number of nitrogens with one attached hydrogen (secondary N) is 2. The summed E-state index contributed by atoms with van der Waals surface area (Å²) in [6.45, 7) is 1.71. The van der Waals surface area contributed by atoms with Gasteiger partial charge in [0.05, 0.1) is 27.3 Å². The number of thiazole rings is 1. The second-order valence-electron chi connectivity index (χ2n) is 6.14. The maximum absolute atomic E-state index is 12.4. The van der Waals surface area contributed by atoms with E-state index in [1.807, 2.05) is 12.1 Å². The van der Waals surface area contributed by atoms with Crippen LogP contribution in [0.5, 0.6) is 0 Å². The Morgan fingerprint density at radius 1 is 1.24 bits per heavy atom. The van der Waals surface area contributed by atoms with Gasteiger partial charge in [-0.15, -0.1) is 11.3 Å². The summed E-state index contributed by atoms with van der Waals surface area (Å²) in [7, 11) is 4.59. The molecule has 2 N–H and O–H groups in total. The average molecular weight is 469 g/mol. The van der Waals surface area contributed by atoms with E-state index < -0.39 is 5.97 Å². The molecule has 2 heterocycles. The second kappa shape index (κ2) is 8.62. The number of carbonyl (C=O) groups excluding carboxylic acids is 2. The van der Waals surface area contributed by atoms with Crippen LogP contribution < -0.4 is 10.6 Å². The summed E-state index contributed by atoms with van der Waals surface area (Å²) in [5.74, 6) is -0.751. The van der Waals surface area contributed by atoms with Crippen molar-refractivity contribution < 1.29 is 14.3 Å². The quantitative estimate of drug-likeness (QED) is 0.427. The van der Waals surface area contributed by atoms with Crippen molar-refractivity contribution in [3.63, 3.8) is 0 Å². The summed E-state index contributed by atoms with van der Waals surface area (Å²) in [5.41, 5.74) is 1.50. The summed E-state index contributed by atoms with van der Waals surface area (Å²) in [5, 5.41) is 7.76. The number of rotatable bonds is 4. The van der Waals surface area contributed by atoms with Gasteiger partial charge in [0.15, 0.2) is 10.2 Å². The molecule has 29 heavy (non-hydrogen) atoms. The van der Waals surface area contributed by atoms with E-state index in [9.17, 15) is 9.59 Å². The normalized spacial score (nSPS) is 10.7. The summed E-state index contributed by atoms with van der Waals surface area (Å²) < 4.78 is 5.80. The fourth-order valence-corrected chi connectivity index (χ4v) is 5.28. The SMILES string of the molecule is COC(=O)c1c(NC(=S)Nc2nc3c(Cl)cccc3s2)sc(C(=O)N(C)C)c1C. The van der Waals surface area contributed by atoms with E-state index in [-0.39, 0.29) is 16.6 Å². The number of benzene rings is 1. The topological polar surface area (TPSA) is 83.6 Å². The molecule has 0 aliphatic carbocycles. The van der Waals surface area contributed by atoms with Crippen LogP contribution in [0.3, 0.4) is 0 Å². The van der Waals surface area contributed by atoms with Crippen LogP contribution in [0.4, 0.5) is 10.1 Å². The standard InChI is InChI=1S/C18H17ClN4O3S3/c1-8-11(16(25)26-4)14(29-13(8)15(24)23(2)3)21-17(27)22-18-20-12-9(19)6-5-7-10(12)28-18/h5-7H,1-4H3,(H2,20,21,22,27). The third-order valence-electron chi connectivity index (χ3n) is 3.95. The molecule has 3 rings (SSSR count). The molecule has 0 saturated carbocycles. The number of fused-ring (bicyclic) bond motifs is 1. The van der Waals surface area contributed by atoms with E-state index in [0.717, 1.165) is 16.0 Å². The van der Waals surface area contributed by atoms with Crippen LogP contribution in [0.2, 0.25) is 5.02 Å². The molecule has 3 aromatic rings. The Kier molecular flexibility index (Phi) is 6.37. The number of esters is 1. The Hall–Kier alpha value is -2.27. The number of halogens is 1. The highest BCUT2D eigenvalue weighted by Crippen LogP contribution is 2.35. The first-order valence-corrected chi connectivity index (χ1v) is 10.7. The van der Waals surface area contributed by atoms with Crippen LogP contribution in [0.25, 0.3) is 10.2 Å². The van der Waals surface area contributed by atoms with Crippen molar-refractivity contribution in [2.75, 3.05) is 31.8 Å². The van der Waals surface area contributed by atoms with Gasteiger partial charge in [0.1, 0.15) is 10.5 Å². The van der Waals surface area contributed by atoms with Gasteiger partial charge in [-0.25, -0.2) is 9.78 Å². The van der Waals surface area contributed by atoms with Crippen molar-refractivity contribution in [1.82, 2.24) is 9.88 Å². The highest BCUT2D eigenvalue weighted by atomic mass is 35.5. The fraction of sp³-hybridized carbons (Fsp3) is 0.222. The minimum absolute atomic E-state index is 0.203. The van der Waals surface area contributed by atoms with Gasteiger partial charge in [-0.05, 0) is 36.8 Å². The largest absolute Gasteiger partial charge is 0.465 e. The lowest BCUT2D eigenvalue weighted by Gasteiger charge is -2.08. The number of methoxy groups -OCH3 is 1.